The summed E-state index contributed by atoms with van der Waals surface area (Å²) in [6.07, 6.45) is -14.8. The molecule has 0 amide bonds. The minimum atomic E-state index is -8.78. The number of hydrogen-bond donors (Lipinski definition) is 0. The summed E-state index contributed by atoms with van der Waals surface area (Å²) in [5, 5.41) is 0. The lowest BCUT2D eigenvalue weighted by Gasteiger charge is -2.41. The van der Waals surface area contributed by atoms with Gasteiger partial charge in [0.1, 0.15) is 12.4 Å². The number of nitrogens with zero attached hydrogens (tertiary/aromatic N) is 2. The summed E-state index contributed by atoms with van der Waals surface area (Å²) >= 11 is 0. The molecule has 0 N–H and O–H groups in total. The van der Waals surface area contributed by atoms with E-state index in [2.05, 4.69) is 0 Å². The minimum absolute atomic E-state index is 0.208. The summed E-state index contributed by atoms with van der Waals surface area (Å²) in [6, 6.07) is -6.99. The van der Waals surface area contributed by atoms with Crippen LogP contribution in [0, 0.1) is 0 Å². The second kappa shape index (κ2) is 7.90. The molecule has 0 bridgehead atoms. The van der Waals surface area contributed by atoms with Crippen LogP contribution in [0.3, 0.4) is 0 Å². The molecule has 0 aliphatic rings. The predicted molar refractivity (Wildman–Crippen MR) is 66.6 cm³/mol. The molecule has 2 nitrogen and oxygen atoms in total. The van der Waals surface area contributed by atoms with Crippen molar-refractivity contribution >= 4 is 0 Å². The van der Waals surface area contributed by atoms with Gasteiger partial charge >= 0.3 is 53.9 Å². The van der Waals surface area contributed by atoms with Gasteiger partial charge in [0.25, 0.3) is 0 Å². The number of rotatable bonds is 8. The maximum atomic E-state index is 13.9. The third-order valence-corrected chi connectivity index (χ3v) is 4.08. The number of imidazole rings is 1. The van der Waals surface area contributed by atoms with Crippen LogP contribution in [0.4, 0.5) is 87.8 Å². The summed E-state index contributed by atoms with van der Waals surface area (Å²) in [5.74, 6) is -51.0. The zero-order valence-corrected chi connectivity index (χ0v) is 15.4. The van der Waals surface area contributed by atoms with E-state index in [0.717, 1.165) is 0 Å². The zero-order valence-electron chi connectivity index (χ0n) is 15.4. The summed E-state index contributed by atoms with van der Waals surface area (Å²) in [7, 11) is 0. The molecule has 0 fully saturated rings. The van der Waals surface area contributed by atoms with E-state index in [1.807, 2.05) is 0 Å². The van der Waals surface area contributed by atoms with E-state index in [9.17, 15) is 87.8 Å². The van der Waals surface area contributed by atoms with Crippen molar-refractivity contribution in [2.24, 2.45) is 0 Å². The highest BCUT2D eigenvalue weighted by Crippen LogP contribution is 2.64. The van der Waals surface area contributed by atoms with Crippen LogP contribution in [0.2, 0.25) is 0 Å². The van der Waals surface area contributed by atoms with Crippen LogP contribution in [0.1, 0.15) is 0 Å². The van der Waals surface area contributed by atoms with Crippen LogP contribution in [0.5, 0.6) is 0 Å². The van der Waals surface area contributed by atoms with Gasteiger partial charge in [0.2, 0.25) is 6.33 Å². The summed E-state index contributed by atoms with van der Waals surface area (Å²) in [5.41, 5.74) is 0. The van der Waals surface area contributed by atoms with Crippen molar-refractivity contribution in [2.45, 2.75) is 60.5 Å². The maximum Gasteiger partial charge on any atom is 0.469 e. The fourth-order valence-corrected chi connectivity index (χ4v) is 2.18. The van der Waals surface area contributed by atoms with Gasteiger partial charge < -0.3 is 0 Å². The Labute approximate surface area is 177 Å². The van der Waals surface area contributed by atoms with Crippen LogP contribution in [-0.2, 0) is 12.6 Å². The Balaban J connectivity index is 3.64. The second-order valence-corrected chi connectivity index (χ2v) is 6.59. The molecule has 0 saturated heterocycles. The van der Waals surface area contributed by atoms with Gasteiger partial charge in [0, 0.05) is 0 Å². The molecule has 1 heterocycles. The highest BCUT2D eigenvalue weighted by Gasteiger charge is 2.96. The van der Waals surface area contributed by atoms with E-state index in [-0.39, 0.29) is 6.20 Å². The van der Waals surface area contributed by atoms with Crippen molar-refractivity contribution in [3.63, 3.8) is 0 Å². The Morgan fingerprint density at radius 2 is 0.829 bits per heavy atom. The molecule has 0 spiro atoms. The van der Waals surface area contributed by atoms with Crippen LogP contribution < -0.4 is 4.57 Å². The van der Waals surface area contributed by atoms with Crippen LogP contribution in [-0.4, -0.2) is 52.5 Å². The largest absolute Gasteiger partial charge is 0.469 e. The Bertz CT molecular complexity index is 903. The first-order chi connectivity index (χ1) is 14.9. The fraction of sp³-hybridized carbons (Fsp3) is 0.769. The number of alkyl halides is 20. The Kier molecular flexibility index (Phi) is 6.96. The number of hydrogen-bond acceptors (Lipinski definition) is 0. The lowest BCUT2D eigenvalue weighted by atomic mass is 9.90. The lowest BCUT2D eigenvalue weighted by Crippen LogP contribution is -2.74. The molecule has 1 aromatic heterocycles. The monoisotopic (exact) mass is 569 g/mol. The molecular weight excluding hydrogens is 564 g/mol. The first-order valence-corrected chi connectivity index (χ1v) is 7.79. The van der Waals surface area contributed by atoms with Crippen molar-refractivity contribution in [1.29, 1.82) is 0 Å². The molecule has 0 unspecified atom stereocenters. The molecule has 0 aliphatic heterocycles. The molecule has 0 aliphatic carbocycles. The van der Waals surface area contributed by atoms with Crippen molar-refractivity contribution < 1.29 is 92.4 Å². The molecule has 1 aromatic rings. The summed E-state index contributed by atoms with van der Waals surface area (Å²) in [4.78, 5) is 0. The van der Waals surface area contributed by atoms with Gasteiger partial charge in [-0.05, 0) is 0 Å². The fourth-order valence-electron chi connectivity index (χ4n) is 2.18. The Morgan fingerprint density at radius 3 is 1.17 bits per heavy atom. The highest BCUT2D eigenvalue weighted by molar-refractivity contribution is 5.14. The molecule has 22 heteroatoms. The average molecular weight is 569 g/mol. The van der Waals surface area contributed by atoms with E-state index >= 15 is 0 Å². The summed E-state index contributed by atoms with van der Waals surface area (Å²) in [6.45, 7) is -2.30. The van der Waals surface area contributed by atoms with Gasteiger partial charge in [-0.1, -0.05) is 0 Å². The van der Waals surface area contributed by atoms with Crippen LogP contribution in [0.25, 0.3) is 0 Å². The van der Waals surface area contributed by atoms with E-state index < -0.39 is 82.1 Å². The van der Waals surface area contributed by atoms with E-state index in [1.54, 1.807) is 0 Å². The third-order valence-electron chi connectivity index (χ3n) is 4.08. The van der Waals surface area contributed by atoms with Crippen molar-refractivity contribution in [2.75, 3.05) is 0 Å². The Hall–Kier alpha value is -2.19. The van der Waals surface area contributed by atoms with Crippen molar-refractivity contribution in [1.82, 2.24) is 4.57 Å². The van der Waals surface area contributed by atoms with Gasteiger partial charge in [0.15, 0.2) is 6.54 Å². The van der Waals surface area contributed by atoms with E-state index in [1.165, 1.54) is 0 Å². The van der Waals surface area contributed by atoms with E-state index in [4.69, 9.17) is 0 Å². The molecule has 0 aromatic carbocycles. The Morgan fingerprint density at radius 1 is 0.486 bits per heavy atom. The SMILES string of the molecule is FC(F)(F)C[n+]1ccn(C(F)(F)C(F)(F)C(F)(F)C(F)(F)C(F)(F)C(F)(F)C(F)(F)C(F)(F)F)c1. The molecule has 0 radical (unpaired) electrons. The van der Waals surface area contributed by atoms with Gasteiger partial charge in [-0.2, -0.15) is 92.4 Å². The first kappa shape index (κ1) is 30.8. The molecule has 1 rings (SSSR count). The topological polar surface area (TPSA) is 8.81 Å². The summed E-state index contributed by atoms with van der Waals surface area (Å²) < 4.78 is 258. The lowest BCUT2D eigenvalue weighted by molar-refractivity contribution is -0.719. The predicted octanol–water partition coefficient (Wildman–Crippen LogP) is 6.26. The van der Waals surface area contributed by atoms with Crippen LogP contribution in [0.15, 0.2) is 18.7 Å². The van der Waals surface area contributed by atoms with Gasteiger partial charge in [0.05, 0.1) is 0 Å². The van der Waals surface area contributed by atoms with Gasteiger partial charge in [-0.3, -0.25) is 0 Å². The maximum absolute atomic E-state index is 13.9. The van der Waals surface area contributed by atoms with E-state index in [0.29, 0.717) is 0 Å². The van der Waals surface area contributed by atoms with Crippen LogP contribution >= 0.6 is 0 Å². The highest BCUT2D eigenvalue weighted by atomic mass is 19.4. The molecule has 0 atom stereocenters. The minimum Gasteiger partial charge on any atom is -0.227 e. The van der Waals surface area contributed by atoms with Gasteiger partial charge in [-0.25, -0.2) is 4.57 Å². The normalized spacial score (nSPS) is 16.1. The smallest absolute Gasteiger partial charge is 0.227 e. The second-order valence-electron chi connectivity index (χ2n) is 6.59. The number of aromatic nitrogens is 2. The third kappa shape index (κ3) is 4.33. The van der Waals surface area contributed by atoms with Crippen molar-refractivity contribution in [3.8, 4) is 0 Å². The average Bonchev–Trinajstić information content (AvgIpc) is 3.06. The quantitative estimate of drug-likeness (QED) is 0.258. The molecular formula is C13H5F20N2+. The first-order valence-electron chi connectivity index (χ1n) is 7.79. The molecule has 206 valence electrons. The number of halogens is 20. The van der Waals surface area contributed by atoms with Crippen molar-refractivity contribution in [3.05, 3.63) is 18.7 Å². The standard InChI is InChI=1S/C13H5F20N2/c14-5(15,16)3-34-1-2-35(4-34)13(32,33)11(27,28)9(23,24)7(19,20)6(17,18)8(21,22)10(25,26)12(29,30)31/h1-2,4H,3H2/q+1. The molecule has 0 saturated carbocycles. The van der Waals surface area contributed by atoms with Gasteiger partial charge in [-0.15, -0.1) is 0 Å². The molecule has 35 heavy (non-hydrogen) atoms. The zero-order chi connectivity index (χ0) is 28.5.